The Balaban J connectivity index is 1.47. The number of hydrogen-bond donors (Lipinski definition) is 0. The molecule has 0 N–H and O–H groups in total. The minimum absolute atomic E-state index is 0.0796. The zero-order valence-electron chi connectivity index (χ0n) is 15.1. The summed E-state index contributed by atoms with van der Waals surface area (Å²) in [6.07, 6.45) is 0.0796. The number of aromatic nitrogens is 2. The van der Waals surface area contributed by atoms with E-state index in [2.05, 4.69) is 64.4 Å². The molecule has 5 heteroatoms. The molecule has 1 saturated heterocycles. The summed E-state index contributed by atoms with van der Waals surface area (Å²) in [6, 6.07) is 19.3. The van der Waals surface area contributed by atoms with E-state index in [1.807, 2.05) is 12.1 Å². The van der Waals surface area contributed by atoms with Gasteiger partial charge in [0.2, 0.25) is 11.7 Å². The lowest BCUT2D eigenvalue weighted by atomic mass is 10.0. The van der Waals surface area contributed by atoms with Crippen LogP contribution in [0.3, 0.4) is 0 Å². The summed E-state index contributed by atoms with van der Waals surface area (Å²) in [4.78, 5) is 6.76. The van der Waals surface area contributed by atoms with Crippen molar-refractivity contribution >= 4 is 0 Å². The van der Waals surface area contributed by atoms with Gasteiger partial charge in [-0.1, -0.05) is 59.8 Å². The number of morpholine rings is 1. The molecule has 26 heavy (non-hydrogen) atoms. The van der Waals surface area contributed by atoms with Gasteiger partial charge in [0.15, 0.2) is 0 Å². The Bertz CT molecular complexity index is 845. The second-order valence-corrected chi connectivity index (χ2v) is 6.70. The van der Waals surface area contributed by atoms with Crippen LogP contribution >= 0.6 is 0 Å². The van der Waals surface area contributed by atoms with Crippen molar-refractivity contribution in [1.29, 1.82) is 0 Å². The van der Waals surface area contributed by atoms with Crippen LogP contribution in [0.4, 0.5) is 0 Å². The first kappa shape index (κ1) is 16.9. The van der Waals surface area contributed by atoms with Gasteiger partial charge in [0.1, 0.15) is 0 Å². The molecular weight excluding hydrogens is 326 g/mol. The highest BCUT2D eigenvalue weighted by Gasteiger charge is 2.26. The van der Waals surface area contributed by atoms with Crippen molar-refractivity contribution < 1.29 is 9.26 Å². The van der Waals surface area contributed by atoms with Gasteiger partial charge in [-0.15, -0.1) is 0 Å². The van der Waals surface area contributed by atoms with Crippen LogP contribution in [0.25, 0.3) is 11.4 Å². The molecule has 0 amide bonds. The van der Waals surface area contributed by atoms with Crippen molar-refractivity contribution in [2.24, 2.45) is 0 Å². The lowest BCUT2D eigenvalue weighted by Gasteiger charge is -2.37. The van der Waals surface area contributed by atoms with Crippen molar-refractivity contribution in [3.05, 3.63) is 71.6 Å². The Morgan fingerprint density at radius 1 is 1.08 bits per heavy atom. The molecule has 2 heterocycles. The summed E-state index contributed by atoms with van der Waals surface area (Å²) in [6.45, 7) is 6.64. The minimum Gasteiger partial charge on any atom is -0.371 e. The maximum Gasteiger partial charge on any atom is 0.223 e. The standard InChI is InChI=1S/C21H23N3O2/c1-15(17-6-4-3-5-7-17)24-12-13-25-20(14-24)18-8-10-19(11-9-18)21-22-16(2)26-23-21/h3-11,15,20H,12-14H2,1-2H3/t15-,20-/m1/s1. The van der Waals surface area contributed by atoms with Gasteiger partial charge in [0.25, 0.3) is 0 Å². The number of hydrogen-bond acceptors (Lipinski definition) is 5. The van der Waals surface area contributed by atoms with Crippen LogP contribution in [0, 0.1) is 6.92 Å². The highest BCUT2D eigenvalue weighted by molar-refractivity contribution is 5.54. The number of benzene rings is 2. The topological polar surface area (TPSA) is 51.4 Å². The molecule has 1 aromatic heterocycles. The van der Waals surface area contributed by atoms with E-state index >= 15 is 0 Å². The molecule has 0 bridgehead atoms. The summed E-state index contributed by atoms with van der Waals surface area (Å²) in [7, 11) is 0. The molecular formula is C21H23N3O2. The average Bonchev–Trinajstić information content (AvgIpc) is 3.15. The van der Waals surface area contributed by atoms with E-state index in [0.29, 0.717) is 17.8 Å². The maximum atomic E-state index is 6.04. The molecule has 4 rings (SSSR count). The van der Waals surface area contributed by atoms with Crippen LogP contribution in [0.15, 0.2) is 59.1 Å². The van der Waals surface area contributed by atoms with Crippen LogP contribution in [0.5, 0.6) is 0 Å². The smallest absolute Gasteiger partial charge is 0.223 e. The Labute approximate surface area is 153 Å². The summed E-state index contributed by atoms with van der Waals surface area (Å²) < 4.78 is 11.1. The SMILES string of the molecule is Cc1nc(-c2ccc([C@H]3CN([C@H](C)c4ccccc4)CCO3)cc2)no1. The molecule has 2 aromatic carbocycles. The third-order valence-electron chi connectivity index (χ3n) is 5.00. The largest absolute Gasteiger partial charge is 0.371 e. The molecule has 0 saturated carbocycles. The maximum absolute atomic E-state index is 6.04. The highest BCUT2D eigenvalue weighted by atomic mass is 16.5. The van der Waals surface area contributed by atoms with E-state index < -0.39 is 0 Å². The average molecular weight is 349 g/mol. The zero-order chi connectivity index (χ0) is 17.9. The summed E-state index contributed by atoms with van der Waals surface area (Å²) in [5.74, 6) is 1.20. The van der Waals surface area contributed by atoms with Gasteiger partial charge in [-0.25, -0.2) is 0 Å². The van der Waals surface area contributed by atoms with Crippen molar-refractivity contribution in [3.8, 4) is 11.4 Å². The molecule has 0 radical (unpaired) electrons. The lowest BCUT2D eigenvalue weighted by Crippen LogP contribution is -2.39. The van der Waals surface area contributed by atoms with Gasteiger partial charge in [-0.05, 0) is 18.1 Å². The molecule has 5 nitrogen and oxygen atoms in total. The molecule has 0 aliphatic carbocycles. The molecule has 1 aliphatic rings. The Morgan fingerprint density at radius 3 is 2.54 bits per heavy atom. The van der Waals surface area contributed by atoms with Gasteiger partial charge in [-0.2, -0.15) is 4.98 Å². The van der Waals surface area contributed by atoms with Gasteiger partial charge in [0, 0.05) is 31.6 Å². The third kappa shape index (κ3) is 3.54. The quantitative estimate of drug-likeness (QED) is 0.707. The van der Waals surface area contributed by atoms with Crippen molar-refractivity contribution in [3.63, 3.8) is 0 Å². The predicted molar refractivity (Wildman–Crippen MR) is 99.6 cm³/mol. The minimum atomic E-state index is 0.0796. The fraction of sp³-hybridized carbons (Fsp3) is 0.333. The van der Waals surface area contributed by atoms with Crippen molar-refractivity contribution in [2.75, 3.05) is 19.7 Å². The van der Waals surface area contributed by atoms with Gasteiger partial charge >= 0.3 is 0 Å². The van der Waals surface area contributed by atoms with Crippen LogP contribution < -0.4 is 0 Å². The number of rotatable bonds is 4. The van der Waals surface area contributed by atoms with Crippen LogP contribution in [0.1, 0.15) is 36.1 Å². The monoisotopic (exact) mass is 349 g/mol. The molecule has 134 valence electrons. The second kappa shape index (κ2) is 7.40. The van der Waals surface area contributed by atoms with E-state index in [0.717, 1.165) is 25.3 Å². The number of aryl methyl sites for hydroxylation is 1. The van der Waals surface area contributed by atoms with Crippen molar-refractivity contribution in [1.82, 2.24) is 15.0 Å². The second-order valence-electron chi connectivity index (χ2n) is 6.70. The first-order valence-corrected chi connectivity index (χ1v) is 9.02. The van der Waals surface area contributed by atoms with E-state index in [9.17, 15) is 0 Å². The molecule has 1 aliphatic heterocycles. The molecule has 2 atom stereocenters. The Morgan fingerprint density at radius 2 is 1.85 bits per heavy atom. The summed E-state index contributed by atoms with van der Waals surface area (Å²) in [5.41, 5.74) is 3.48. The Hall–Kier alpha value is -2.50. The van der Waals surface area contributed by atoms with Gasteiger partial charge < -0.3 is 9.26 Å². The number of ether oxygens (including phenoxy) is 1. The molecule has 0 spiro atoms. The van der Waals surface area contributed by atoms with Crippen LogP contribution in [0.2, 0.25) is 0 Å². The van der Waals surface area contributed by atoms with E-state index in [4.69, 9.17) is 9.26 Å². The lowest BCUT2D eigenvalue weighted by molar-refractivity contribution is -0.0431. The van der Waals surface area contributed by atoms with Crippen LogP contribution in [-0.2, 0) is 4.74 Å². The summed E-state index contributed by atoms with van der Waals surface area (Å²) in [5, 5.41) is 3.97. The first-order chi connectivity index (χ1) is 12.7. The Kier molecular flexibility index (Phi) is 4.82. The number of nitrogens with zero attached hydrogens (tertiary/aromatic N) is 3. The summed E-state index contributed by atoms with van der Waals surface area (Å²) >= 11 is 0. The van der Waals surface area contributed by atoms with Gasteiger partial charge in [0.05, 0.1) is 12.7 Å². The fourth-order valence-electron chi connectivity index (χ4n) is 3.43. The van der Waals surface area contributed by atoms with Gasteiger partial charge in [-0.3, -0.25) is 4.90 Å². The predicted octanol–water partition coefficient (Wildman–Crippen LogP) is 4.18. The molecule has 1 fully saturated rings. The zero-order valence-corrected chi connectivity index (χ0v) is 15.1. The van der Waals surface area contributed by atoms with E-state index in [-0.39, 0.29) is 6.10 Å². The van der Waals surface area contributed by atoms with Crippen molar-refractivity contribution in [2.45, 2.75) is 26.0 Å². The molecule has 0 unspecified atom stereocenters. The normalized spacial score (nSPS) is 19.4. The van der Waals surface area contributed by atoms with E-state index in [1.165, 1.54) is 11.1 Å². The fourth-order valence-corrected chi connectivity index (χ4v) is 3.43. The highest BCUT2D eigenvalue weighted by Crippen LogP contribution is 2.29. The first-order valence-electron chi connectivity index (χ1n) is 9.02. The third-order valence-corrected chi connectivity index (χ3v) is 5.00. The van der Waals surface area contributed by atoms with E-state index in [1.54, 1.807) is 6.92 Å². The van der Waals surface area contributed by atoms with Crippen LogP contribution in [-0.4, -0.2) is 34.7 Å². The molecule has 3 aromatic rings.